The predicted octanol–water partition coefficient (Wildman–Crippen LogP) is 14.3. The molecule has 3 amide bonds. The highest BCUT2D eigenvalue weighted by Gasteiger charge is 2.20. The number of nitrogens with one attached hydrogen (secondary N) is 5. The Bertz CT molecular complexity index is 3320. The van der Waals surface area contributed by atoms with Crippen LogP contribution in [0.1, 0.15) is 103 Å². The number of benzene rings is 4. The van der Waals surface area contributed by atoms with Gasteiger partial charge in [0, 0.05) is 53.6 Å². The van der Waals surface area contributed by atoms with Gasteiger partial charge < -0.3 is 25.4 Å². The Morgan fingerprint density at radius 3 is 1.36 bits per heavy atom. The standard InChI is InChI=1S/C55H57N11O5S2/c1-31(2)41-23-21-39-47(63-41)56-29-58-49(39)65-43-27-33(11-25-45(43)72-37-17-12-34(13-18-37)61-52(68)70-54(5,6)7)51(67)60-36-16-26-46(73-38-19-14-35(15-20-38)62-53(69)71-55(8,9)10)44(28-36)66-50-40-22-24-42(32(3)4)64-48(40)57-30-59-50/h11-32H,1-10H3,(H,60,67)(H,61,68)(H,62,69)(H,56,58,63,65)(H,57,59,64,66). The molecule has 16 nitrogen and oxygen atoms in total. The molecule has 0 bridgehead atoms. The maximum Gasteiger partial charge on any atom is 0.412 e. The monoisotopic (exact) mass is 1020 g/mol. The number of rotatable bonds is 14. The number of carbonyl (C=O) groups is 3. The van der Waals surface area contributed by atoms with Crippen molar-refractivity contribution in [2.24, 2.45) is 0 Å². The molecule has 0 saturated heterocycles. The number of amides is 3. The SMILES string of the molecule is CC(C)c1ccc2c(Nc3cc(NC(=O)c4ccc(Sc5ccc(NC(=O)OC(C)(C)C)cc5)c(Nc5ncnc6nc(C(C)C)ccc56)c4)ccc3Sc3ccc(NC(=O)OC(C)(C)C)cc3)ncnc2n1. The highest BCUT2D eigenvalue weighted by molar-refractivity contribution is 7.99. The van der Waals surface area contributed by atoms with Gasteiger partial charge in [-0.2, -0.15) is 0 Å². The zero-order chi connectivity index (χ0) is 52.0. The Hall–Kier alpha value is -7.83. The zero-order valence-electron chi connectivity index (χ0n) is 42.2. The first-order chi connectivity index (χ1) is 34.7. The molecule has 4 aromatic heterocycles. The van der Waals surface area contributed by atoms with E-state index in [1.165, 1.54) is 36.2 Å². The Kier molecular flexibility index (Phi) is 15.4. The number of hydrogen-bond donors (Lipinski definition) is 5. The minimum Gasteiger partial charge on any atom is -0.444 e. The van der Waals surface area contributed by atoms with Gasteiger partial charge in [-0.1, -0.05) is 51.2 Å². The lowest BCUT2D eigenvalue weighted by Gasteiger charge is -2.19. The Labute approximate surface area is 432 Å². The molecule has 0 radical (unpaired) electrons. The van der Waals surface area contributed by atoms with E-state index in [4.69, 9.17) is 19.4 Å². The van der Waals surface area contributed by atoms with Crippen LogP contribution in [-0.2, 0) is 9.47 Å². The predicted molar refractivity (Wildman–Crippen MR) is 291 cm³/mol. The van der Waals surface area contributed by atoms with E-state index in [-0.39, 0.29) is 17.7 Å². The summed E-state index contributed by atoms with van der Waals surface area (Å²) in [6, 6.07) is 33.8. The van der Waals surface area contributed by atoms with Crippen molar-refractivity contribution in [2.75, 3.05) is 26.6 Å². The molecule has 5 N–H and O–H groups in total. The molecule has 0 spiro atoms. The average Bonchev–Trinajstić information content (AvgIpc) is 3.32. The van der Waals surface area contributed by atoms with Crippen LogP contribution in [0.25, 0.3) is 22.1 Å². The molecular formula is C55H57N11O5S2. The second kappa shape index (κ2) is 21.9. The van der Waals surface area contributed by atoms with Crippen molar-refractivity contribution in [1.82, 2.24) is 29.9 Å². The van der Waals surface area contributed by atoms with Crippen LogP contribution in [0.4, 0.5) is 49.7 Å². The van der Waals surface area contributed by atoms with Crippen LogP contribution >= 0.6 is 23.5 Å². The Morgan fingerprint density at radius 1 is 0.493 bits per heavy atom. The highest BCUT2D eigenvalue weighted by atomic mass is 32.2. The van der Waals surface area contributed by atoms with Crippen LogP contribution in [0.5, 0.6) is 0 Å². The molecule has 73 heavy (non-hydrogen) atoms. The molecule has 8 rings (SSSR count). The molecule has 0 aliphatic heterocycles. The van der Waals surface area contributed by atoms with Gasteiger partial charge in [0.1, 0.15) is 35.5 Å². The van der Waals surface area contributed by atoms with Gasteiger partial charge in [0.2, 0.25) is 0 Å². The van der Waals surface area contributed by atoms with Crippen molar-refractivity contribution in [3.8, 4) is 0 Å². The van der Waals surface area contributed by atoms with Crippen LogP contribution < -0.4 is 26.6 Å². The molecule has 0 unspecified atom stereocenters. The molecule has 0 fully saturated rings. The van der Waals surface area contributed by atoms with Gasteiger partial charge in [0.15, 0.2) is 11.3 Å². The fraction of sp³-hybridized carbons (Fsp3) is 0.255. The fourth-order valence-electron chi connectivity index (χ4n) is 7.18. The van der Waals surface area contributed by atoms with Crippen molar-refractivity contribution in [3.63, 3.8) is 0 Å². The van der Waals surface area contributed by atoms with Gasteiger partial charge in [-0.3, -0.25) is 15.4 Å². The normalized spacial score (nSPS) is 11.7. The summed E-state index contributed by atoms with van der Waals surface area (Å²) in [4.78, 5) is 70.4. The van der Waals surface area contributed by atoms with E-state index in [1.807, 2.05) is 126 Å². The van der Waals surface area contributed by atoms with E-state index in [0.29, 0.717) is 62.3 Å². The number of aromatic nitrogens is 6. The van der Waals surface area contributed by atoms with Crippen molar-refractivity contribution in [2.45, 2.75) is 112 Å². The minimum absolute atomic E-state index is 0.206. The third-order valence-electron chi connectivity index (χ3n) is 10.7. The quantitative estimate of drug-likeness (QED) is 0.0687. The molecule has 0 aliphatic carbocycles. The topological polar surface area (TPSA) is 207 Å². The van der Waals surface area contributed by atoms with Crippen LogP contribution in [0.15, 0.2) is 141 Å². The largest absolute Gasteiger partial charge is 0.444 e. The second-order valence-electron chi connectivity index (χ2n) is 19.6. The lowest BCUT2D eigenvalue weighted by molar-refractivity contribution is 0.0624. The number of nitrogens with zero attached hydrogens (tertiary/aromatic N) is 6. The maximum absolute atomic E-state index is 14.4. The first-order valence-electron chi connectivity index (χ1n) is 23.6. The van der Waals surface area contributed by atoms with Crippen LogP contribution in [0, 0.1) is 0 Å². The number of fused-ring (bicyclic) bond motifs is 2. The lowest BCUT2D eigenvalue weighted by atomic mass is 10.1. The smallest absolute Gasteiger partial charge is 0.412 e. The third-order valence-corrected chi connectivity index (χ3v) is 12.8. The third kappa shape index (κ3) is 13.8. The molecule has 8 aromatic rings. The highest BCUT2D eigenvalue weighted by Crippen LogP contribution is 2.40. The fourth-order valence-corrected chi connectivity index (χ4v) is 8.94. The van der Waals surface area contributed by atoms with Gasteiger partial charge in [0.25, 0.3) is 5.91 Å². The van der Waals surface area contributed by atoms with E-state index < -0.39 is 23.4 Å². The molecule has 0 atom stereocenters. The summed E-state index contributed by atoms with van der Waals surface area (Å²) in [7, 11) is 0. The van der Waals surface area contributed by atoms with E-state index in [9.17, 15) is 14.4 Å². The summed E-state index contributed by atoms with van der Waals surface area (Å²) in [5.74, 6) is 1.13. The summed E-state index contributed by atoms with van der Waals surface area (Å²) in [6.45, 7) is 19.2. The van der Waals surface area contributed by atoms with E-state index in [1.54, 1.807) is 24.3 Å². The van der Waals surface area contributed by atoms with Crippen molar-refractivity contribution in [1.29, 1.82) is 0 Å². The summed E-state index contributed by atoms with van der Waals surface area (Å²) in [5, 5.41) is 17.1. The first kappa shape index (κ1) is 51.5. The van der Waals surface area contributed by atoms with Crippen molar-refractivity contribution in [3.05, 3.63) is 139 Å². The van der Waals surface area contributed by atoms with Gasteiger partial charge in [-0.15, -0.1) is 0 Å². The lowest BCUT2D eigenvalue weighted by Crippen LogP contribution is -2.27. The summed E-state index contributed by atoms with van der Waals surface area (Å²) < 4.78 is 10.8. The molecule has 4 aromatic carbocycles. The van der Waals surface area contributed by atoms with Gasteiger partial charge >= 0.3 is 12.2 Å². The van der Waals surface area contributed by atoms with Gasteiger partial charge in [0.05, 0.1) is 22.1 Å². The molecule has 374 valence electrons. The molecular weight excluding hydrogens is 959 g/mol. The number of hydrogen-bond acceptors (Lipinski definition) is 15. The number of ether oxygens (including phenoxy) is 2. The van der Waals surface area contributed by atoms with E-state index in [0.717, 1.165) is 36.4 Å². The van der Waals surface area contributed by atoms with Crippen LogP contribution in [0.3, 0.4) is 0 Å². The van der Waals surface area contributed by atoms with E-state index in [2.05, 4.69) is 74.2 Å². The number of anilines is 7. The molecule has 0 saturated carbocycles. The number of carbonyl (C=O) groups excluding carboxylic acids is 3. The van der Waals surface area contributed by atoms with Gasteiger partial charge in [-0.05, 0) is 163 Å². The second-order valence-corrected chi connectivity index (χ2v) is 21.8. The summed E-state index contributed by atoms with van der Waals surface area (Å²) in [6.07, 6.45) is 1.87. The molecule has 4 heterocycles. The average molecular weight is 1020 g/mol. The van der Waals surface area contributed by atoms with Crippen molar-refractivity contribution < 1.29 is 23.9 Å². The first-order valence-corrected chi connectivity index (χ1v) is 25.3. The molecule has 0 aliphatic rings. The summed E-state index contributed by atoms with van der Waals surface area (Å²) in [5.41, 5.74) is 5.02. The van der Waals surface area contributed by atoms with Crippen LogP contribution in [-0.4, -0.2) is 59.2 Å². The summed E-state index contributed by atoms with van der Waals surface area (Å²) >= 11 is 2.97. The minimum atomic E-state index is -0.636. The van der Waals surface area contributed by atoms with Gasteiger partial charge in [-0.25, -0.2) is 39.5 Å². The Balaban J connectivity index is 1.10. The van der Waals surface area contributed by atoms with Crippen molar-refractivity contribution >= 4 is 104 Å². The van der Waals surface area contributed by atoms with E-state index >= 15 is 0 Å². The van der Waals surface area contributed by atoms with Crippen LogP contribution in [0.2, 0.25) is 0 Å². The Morgan fingerprint density at radius 2 is 0.918 bits per heavy atom. The molecule has 18 heteroatoms. The maximum atomic E-state index is 14.4. The number of pyridine rings is 2. The zero-order valence-corrected chi connectivity index (χ0v) is 43.9.